The van der Waals surface area contributed by atoms with Gasteiger partial charge >= 0.3 is 0 Å². The third-order valence-electron chi connectivity index (χ3n) is 2.11. The molecule has 1 unspecified atom stereocenters. The van der Waals surface area contributed by atoms with Crippen LogP contribution in [0.15, 0.2) is 0 Å². The molecule has 0 radical (unpaired) electrons. The van der Waals surface area contributed by atoms with Gasteiger partial charge in [0.15, 0.2) is 0 Å². The fraction of sp³-hybridized carbons (Fsp3) is 0.625. The van der Waals surface area contributed by atoms with Crippen LogP contribution in [0, 0.1) is 0 Å². The number of alkyl halides is 1. The minimum absolute atomic E-state index is 0.161. The summed E-state index contributed by atoms with van der Waals surface area (Å²) in [7, 11) is 1.43. The molecule has 78 valence electrons. The predicted molar refractivity (Wildman–Crippen MR) is 52.7 cm³/mol. The van der Waals surface area contributed by atoms with E-state index in [1.165, 1.54) is 7.05 Å². The minimum Gasteiger partial charge on any atom is -0.344 e. The largest absolute Gasteiger partial charge is 0.344 e. The van der Waals surface area contributed by atoms with Crippen LogP contribution in [-0.4, -0.2) is 41.0 Å². The Morgan fingerprint density at radius 2 is 2.29 bits per heavy atom. The van der Waals surface area contributed by atoms with Crippen molar-refractivity contribution in [3.63, 3.8) is 0 Å². The maximum Gasteiger partial charge on any atom is 0.251 e. The number of carbonyl (C=O) groups is 3. The maximum absolute atomic E-state index is 11.5. The molecule has 1 saturated heterocycles. The number of hydrogen-bond donors (Lipinski definition) is 1. The van der Waals surface area contributed by atoms with Crippen molar-refractivity contribution in [2.24, 2.45) is 0 Å². The average molecular weight is 263 g/mol. The van der Waals surface area contributed by atoms with E-state index in [1.54, 1.807) is 0 Å². The molecule has 1 heterocycles. The molecule has 6 heteroatoms. The highest BCUT2D eigenvalue weighted by Gasteiger charge is 2.32. The SMILES string of the molecule is CN1C(=O)CCC(NC(=O)CBr)C1=O. The van der Waals surface area contributed by atoms with E-state index in [4.69, 9.17) is 0 Å². The molecule has 1 N–H and O–H groups in total. The van der Waals surface area contributed by atoms with Gasteiger partial charge in [-0.2, -0.15) is 0 Å². The van der Waals surface area contributed by atoms with Crippen LogP contribution in [0.3, 0.4) is 0 Å². The highest BCUT2D eigenvalue weighted by molar-refractivity contribution is 9.09. The monoisotopic (exact) mass is 262 g/mol. The number of imide groups is 1. The number of likely N-dealkylation sites (N-methyl/N-ethyl adjacent to an activating group) is 1. The van der Waals surface area contributed by atoms with Crippen LogP contribution in [0.2, 0.25) is 0 Å². The van der Waals surface area contributed by atoms with Crippen LogP contribution in [0.4, 0.5) is 0 Å². The van der Waals surface area contributed by atoms with Crippen molar-refractivity contribution in [3.8, 4) is 0 Å². The van der Waals surface area contributed by atoms with Gasteiger partial charge in [-0.15, -0.1) is 0 Å². The molecule has 0 aliphatic carbocycles. The standard InChI is InChI=1S/C8H11BrN2O3/c1-11-7(13)3-2-5(8(11)14)10-6(12)4-9/h5H,2-4H2,1H3,(H,10,12). The first-order chi connectivity index (χ1) is 6.56. The first kappa shape index (κ1) is 11.2. The Bertz CT molecular complexity index is 280. The quantitative estimate of drug-likeness (QED) is 0.546. The zero-order valence-corrected chi connectivity index (χ0v) is 9.33. The first-order valence-corrected chi connectivity index (χ1v) is 5.34. The molecule has 0 bridgehead atoms. The summed E-state index contributed by atoms with van der Waals surface area (Å²) in [6.45, 7) is 0. The Labute approximate surface area is 89.9 Å². The van der Waals surface area contributed by atoms with E-state index in [0.29, 0.717) is 12.8 Å². The van der Waals surface area contributed by atoms with E-state index in [-0.39, 0.29) is 23.1 Å². The van der Waals surface area contributed by atoms with Crippen LogP contribution < -0.4 is 5.32 Å². The Hall–Kier alpha value is -0.910. The van der Waals surface area contributed by atoms with Gasteiger partial charge in [0, 0.05) is 13.5 Å². The lowest BCUT2D eigenvalue weighted by Crippen LogP contribution is -2.53. The van der Waals surface area contributed by atoms with Gasteiger partial charge in [0.25, 0.3) is 5.91 Å². The normalized spacial score (nSPS) is 22.4. The van der Waals surface area contributed by atoms with Gasteiger partial charge in [0.05, 0.1) is 5.33 Å². The molecule has 0 saturated carbocycles. The molecule has 1 rings (SSSR count). The summed E-state index contributed by atoms with van der Waals surface area (Å²) in [4.78, 5) is 34.6. The summed E-state index contributed by atoms with van der Waals surface area (Å²) >= 11 is 2.98. The zero-order valence-electron chi connectivity index (χ0n) is 7.75. The van der Waals surface area contributed by atoms with Crippen molar-refractivity contribution in [2.45, 2.75) is 18.9 Å². The highest BCUT2D eigenvalue weighted by atomic mass is 79.9. The summed E-state index contributed by atoms with van der Waals surface area (Å²) in [6, 6.07) is -0.553. The van der Waals surface area contributed by atoms with Gasteiger partial charge in [0.2, 0.25) is 11.8 Å². The molecule has 14 heavy (non-hydrogen) atoms. The molecule has 1 aliphatic rings. The maximum atomic E-state index is 11.5. The average Bonchev–Trinajstić information content (AvgIpc) is 2.19. The van der Waals surface area contributed by atoms with E-state index in [1.807, 2.05) is 0 Å². The van der Waals surface area contributed by atoms with Gasteiger partial charge in [-0.05, 0) is 6.42 Å². The molecule has 5 nitrogen and oxygen atoms in total. The number of nitrogens with zero attached hydrogens (tertiary/aromatic N) is 1. The first-order valence-electron chi connectivity index (χ1n) is 4.22. The molecule has 0 aromatic carbocycles. The van der Waals surface area contributed by atoms with E-state index in [2.05, 4.69) is 21.2 Å². The third kappa shape index (κ3) is 2.31. The molecule has 1 aliphatic heterocycles. The summed E-state index contributed by atoms with van der Waals surface area (Å²) in [5.41, 5.74) is 0. The Kier molecular flexibility index (Phi) is 3.62. The van der Waals surface area contributed by atoms with Crippen LogP contribution in [0.5, 0.6) is 0 Å². The number of hydrogen-bond acceptors (Lipinski definition) is 3. The number of rotatable bonds is 2. The second-order valence-electron chi connectivity index (χ2n) is 3.08. The Morgan fingerprint density at radius 1 is 1.64 bits per heavy atom. The van der Waals surface area contributed by atoms with E-state index in [0.717, 1.165) is 4.90 Å². The Balaban J connectivity index is 2.59. The fourth-order valence-corrected chi connectivity index (χ4v) is 1.44. The summed E-state index contributed by atoms with van der Waals surface area (Å²) in [5.74, 6) is -0.777. The van der Waals surface area contributed by atoms with E-state index >= 15 is 0 Å². The molecule has 1 atom stereocenters. The highest BCUT2D eigenvalue weighted by Crippen LogP contribution is 2.11. The number of likely N-dealkylation sites (tertiary alicyclic amines) is 1. The second kappa shape index (κ2) is 4.54. The van der Waals surface area contributed by atoms with Crippen molar-refractivity contribution in [1.82, 2.24) is 10.2 Å². The van der Waals surface area contributed by atoms with Crippen molar-refractivity contribution in [1.29, 1.82) is 0 Å². The van der Waals surface area contributed by atoms with E-state index in [9.17, 15) is 14.4 Å². The van der Waals surface area contributed by atoms with Crippen LogP contribution in [0.1, 0.15) is 12.8 Å². The minimum atomic E-state index is -0.553. The zero-order chi connectivity index (χ0) is 10.7. The van der Waals surface area contributed by atoms with Gasteiger partial charge < -0.3 is 5.32 Å². The van der Waals surface area contributed by atoms with Gasteiger partial charge in [-0.3, -0.25) is 19.3 Å². The number of halogens is 1. The van der Waals surface area contributed by atoms with Gasteiger partial charge in [0.1, 0.15) is 6.04 Å². The number of nitrogens with one attached hydrogen (secondary N) is 1. The Morgan fingerprint density at radius 3 is 2.86 bits per heavy atom. The molecule has 0 aromatic heterocycles. The molecule has 0 aromatic rings. The summed E-state index contributed by atoms with van der Waals surface area (Å²) in [5, 5.41) is 2.70. The van der Waals surface area contributed by atoms with Gasteiger partial charge in [-0.1, -0.05) is 15.9 Å². The molecule has 0 spiro atoms. The molecular formula is C8H11BrN2O3. The van der Waals surface area contributed by atoms with Gasteiger partial charge in [-0.25, -0.2) is 0 Å². The lowest BCUT2D eigenvalue weighted by Gasteiger charge is -2.27. The summed E-state index contributed by atoms with van der Waals surface area (Å²) < 4.78 is 0. The lowest BCUT2D eigenvalue weighted by atomic mass is 10.0. The molecular weight excluding hydrogens is 252 g/mol. The topological polar surface area (TPSA) is 66.5 Å². The predicted octanol–water partition coefficient (Wildman–Crippen LogP) is -0.355. The van der Waals surface area contributed by atoms with Crippen LogP contribution in [-0.2, 0) is 14.4 Å². The third-order valence-corrected chi connectivity index (χ3v) is 2.62. The van der Waals surface area contributed by atoms with Crippen molar-refractivity contribution in [3.05, 3.63) is 0 Å². The van der Waals surface area contributed by atoms with E-state index < -0.39 is 6.04 Å². The number of piperidine rings is 1. The van der Waals surface area contributed by atoms with Crippen molar-refractivity contribution in [2.75, 3.05) is 12.4 Å². The number of amides is 3. The van der Waals surface area contributed by atoms with Crippen molar-refractivity contribution >= 4 is 33.7 Å². The van der Waals surface area contributed by atoms with Crippen LogP contribution >= 0.6 is 15.9 Å². The summed E-state index contributed by atoms with van der Waals surface area (Å²) in [6.07, 6.45) is 0.691. The number of carbonyl (C=O) groups excluding carboxylic acids is 3. The smallest absolute Gasteiger partial charge is 0.251 e. The van der Waals surface area contributed by atoms with Crippen LogP contribution in [0.25, 0.3) is 0 Å². The lowest BCUT2D eigenvalue weighted by molar-refractivity contribution is -0.149. The fourth-order valence-electron chi connectivity index (χ4n) is 1.28. The second-order valence-corrected chi connectivity index (χ2v) is 3.64. The molecule has 1 fully saturated rings. The van der Waals surface area contributed by atoms with Crippen molar-refractivity contribution < 1.29 is 14.4 Å². The molecule has 3 amide bonds.